The molecule has 1 aromatic rings. The first-order valence-electron chi connectivity index (χ1n) is 6.49. The Kier molecular flexibility index (Phi) is 3.88. The maximum absolute atomic E-state index is 9.00. The molecule has 0 bridgehead atoms. The number of nitrogens with zero attached hydrogens (tertiary/aromatic N) is 2. The molecule has 96 valence electrons. The van der Waals surface area contributed by atoms with Crippen LogP contribution in [0.4, 0.5) is 5.69 Å². The van der Waals surface area contributed by atoms with Crippen molar-refractivity contribution in [1.29, 1.82) is 5.26 Å². The minimum atomic E-state index is -0.307. The predicted molar refractivity (Wildman–Crippen MR) is 72.8 cm³/mol. The van der Waals surface area contributed by atoms with Gasteiger partial charge in [0.2, 0.25) is 0 Å². The maximum atomic E-state index is 9.00. The van der Waals surface area contributed by atoms with Crippen LogP contribution in [0.15, 0.2) is 18.2 Å². The number of hydrogen-bond donors (Lipinski definition) is 0. The standard InChI is InChI=1S/C15H20N2O/c1-11(2)14-6-4-5-12(3)15(14)17-7-8-18-13(9-16)10-17/h4-6,11,13H,7-8,10H2,1-3H3. The number of morpholine rings is 1. The van der Waals surface area contributed by atoms with Crippen LogP contribution in [0.1, 0.15) is 30.9 Å². The molecule has 1 aromatic carbocycles. The molecular formula is C15H20N2O. The van der Waals surface area contributed by atoms with Gasteiger partial charge in [-0.05, 0) is 24.0 Å². The van der Waals surface area contributed by atoms with Gasteiger partial charge in [0, 0.05) is 12.2 Å². The molecule has 1 aliphatic heterocycles. The van der Waals surface area contributed by atoms with Crippen molar-refractivity contribution in [3.8, 4) is 6.07 Å². The Morgan fingerprint density at radius 1 is 1.44 bits per heavy atom. The van der Waals surface area contributed by atoms with Crippen molar-refractivity contribution in [3.05, 3.63) is 29.3 Å². The van der Waals surface area contributed by atoms with E-state index < -0.39 is 0 Å². The highest BCUT2D eigenvalue weighted by atomic mass is 16.5. The Morgan fingerprint density at radius 2 is 2.22 bits per heavy atom. The summed E-state index contributed by atoms with van der Waals surface area (Å²) in [6, 6.07) is 8.64. The molecule has 1 heterocycles. The van der Waals surface area contributed by atoms with Crippen LogP contribution >= 0.6 is 0 Å². The number of hydrogen-bond acceptors (Lipinski definition) is 3. The molecule has 1 fully saturated rings. The summed E-state index contributed by atoms with van der Waals surface area (Å²) in [6.45, 7) is 8.72. The van der Waals surface area contributed by atoms with E-state index in [0.29, 0.717) is 19.1 Å². The summed E-state index contributed by atoms with van der Waals surface area (Å²) in [5.41, 5.74) is 3.92. The van der Waals surface area contributed by atoms with Crippen LogP contribution in [-0.4, -0.2) is 25.8 Å². The van der Waals surface area contributed by atoms with Crippen LogP contribution in [0, 0.1) is 18.3 Å². The molecule has 1 saturated heterocycles. The van der Waals surface area contributed by atoms with E-state index in [4.69, 9.17) is 10.00 Å². The zero-order valence-electron chi connectivity index (χ0n) is 11.3. The van der Waals surface area contributed by atoms with E-state index in [0.717, 1.165) is 6.54 Å². The van der Waals surface area contributed by atoms with Crippen LogP contribution in [0.5, 0.6) is 0 Å². The number of anilines is 1. The highest BCUT2D eigenvalue weighted by Gasteiger charge is 2.23. The summed E-state index contributed by atoms with van der Waals surface area (Å²) in [6.07, 6.45) is -0.307. The lowest BCUT2D eigenvalue weighted by Crippen LogP contribution is -2.42. The first-order chi connectivity index (χ1) is 8.63. The molecule has 0 amide bonds. The molecule has 0 N–H and O–H groups in total. The van der Waals surface area contributed by atoms with Crippen molar-refractivity contribution in [3.63, 3.8) is 0 Å². The fourth-order valence-corrected chi connectivity index (χ4v) is 2.51. The summed E-state index contributed by atoms with van der Waals surface area (Å²) < 4.78 is 5.42. The highest BCUT2D eigenvalue weighted by molar-refractivity contribution is 5.61. The Balaban J connectivity index is 2.35. The topological polar surface area (TPSA) is 36.3 Å². The van der Waals surface area contributed by atoms with Crippen molar-refractivity contribution >= 4 is 5.69 Å². The van der Waals surface area contributed by atoms with E-state index in [1.165, 1.54) is 16.8 Å². The number of benzene rings is 1. The second-order valence-electron chi connectivity index (χ2n) is 5.10. The molecule has 0 radical (unpaired) electrons. The predicted octanol–water partition coefficient (Wildman–Crippen LogP) is 2.85. The summed E-state index contributed by atoms with van der Waals surface area (Å²) in [4.78, 5) is 2.29. The van der Waals surface area contributed by atoms with Gasteiger partial charge in [0.05, 0.1) is 19.2 Å². The van der Waals surface area contributed by atoms with E-state index in [-0.39, 0.29) is 6.10 Å². The normalized spacial score (nSPS) is 19.9. The molecular weight excluding hydrogens is 224 g/mol. The number of ether oxygens (including phenoxy) is 1. The highest BCUT2D eigenvalue weighted by Crippen LogP contribution is 2.31. The monoisotopic (exact) mass is 244 g/mol. The van der Waals surface area contributed by atoms with Crippen molar-refractivity contribution in [2.45, 2.75) is 32.8 Å². The molecule has 0 aliphatic carbocycles. The fraction of sp³-hybridized carbons (Fsp3) is 0.533. The SMILES string of the molecule is Cc1cccc(C(C)C)c1N1CCOC(C#N)C1. The van der Waals surface area contributed by atoms with Gasteiger partial charge in [-0.3, -0.25) is 0 Å². The molecule has 2 rings (SSSR count). The van der Waals surface area contributed by atoms with Crippen LogP contribution in [0.25, 0.3) is 0 Å². The average Bonchev–Trinajstić information content (AvgIpc) is 2.38. The van der Waals surface area contributed by atoms with Crippen molar-refractivity contribution in [2.24, 2.45) is 0 Å². The van der Waals surface area contributed by atoms with Crippen molar-refractivity contribution < 1.29 is 4.74 Å². The van der Waals surface area contributed by atoms with E-state index in [1.54, 1.807) is 0 Å². The molecule has 1 unspecified atom stereocenters. The maximum Gasteiger partial charge on any atom is 0.161 e. The van der Waals surface area contributed by atoms with Crippen molar-refractivity contribution in [2.75, 3.05) is 24.6 Å². The van der Waals surface area contributed by atoms with Gasteiger partial charge >= 0.3 is 0 Å². The summed E-state index contributed by atoms with van der Waals surface area (Å²) in [5.74, 6) is 0.489. The Hall–Kier alpha value is -1.53. The van der Waals surface area contributed by atoms with Gasteiger partial charge in [-0.25, -0.2) is 0 Å². The van der Waals surface area contributed by atoms with E-state index in [1.807, 2.05) is 0 Å². The third kappa shape index (κ3) is 2.49. The summed E-state index contributed by atoms with van der Waals surface area (Å²) in [7, 11) is 0. The number of aryl methyl sites for hydroxylation is 1. The molecule has 1 aliphatic rings. The van der Waals surface area contributed by atoms with Gasteiger partial charge < -0.3 is 9.64 Å². The quantitative estimate of drug-likeness (QED) is 0.802. The van der Waals surface area contributed by atoms with Crippen LogP contribution in [0.2, 0.25) is 0 Å². The molecule has 0 saturated carbocycles. The third-order valence-electron chi connectivity index (χ3n) is 3.42. The Morgan fingerprint density at radius 3 is 2.89 bits per heavy atom. The second kappa shape index (κ2) is 5.41. The zero-order chi connectivity index (χ0) is 13.1. The molecule has 3 heteroatoms. The first kappa shape index (κ1) is 12.9. The number of para-hydroxylation sites is 1. The van der Waals surface area contributed by atoms with Gasteiger partial charge in [-0.15, -0.1) is 0 Å². The van der Waals surface area contributed by atoms with Gasteiger partial charge in [0.15, 0.2) is 6.10 Å². The van der Waals surface area contributed by atoms with Gasteiger partial charge in [0.1, 0.15) is 0 Å². The second-order valence-corrected chi connectivity index (χ2v) is 5.10. The van der Waals surface area contributed by atoms with Gasteiger partial charge in [-0.1, -0.05) is 32.0 Å². The van der Waals surface area contributed by atoms with Crippen molar-refractivity contribution in [1.82, 2.24) is 0 Å². The van der Waals surface area contributed by atoms with Crippen LogP contribution < -0.4 is 4.90 Å². The van der Waals surface area contributed by atoms with Gasteiger partial charge in [0.25, 0.3) is 0 Å². The van der Waals surface area contributed by atoms with E-state index >= 15 is 0 Å². The Bertz CT molecular complexity index is 462. The number of rotatable bonds is 2. The minimum Gasteiger partial charge on any atom is -0.365 e. The molecule has 3 nitrogen and oxygen atoms in total. The molecule has 0 aromatic heterocycles. The van der Waals surface area contributed by atoms with Crippen LogP contribution in [-0.2, 0) is 4.74 Å². The summed E-state index contributed by atoms with van der Waals surface area (Å²) >= 11 is 0. The van der Waals surface area contributed by atoms with E-state index in [9.17, 15) is 0 Å². The molecule has 18 heavy (non-hydrogen) atoms. The smallest absolute Gasteiger partial charge is 0.161 e. The lowest BCUT2D eigenvalue weighted by molar-refractivity contribution is 0.0763. The minimum absolute atomic E-state index is 0.307. The molecule has 0 spiro atoms. The van der Waals surface area contributed by atoms with E-state index in [2.05, 4.69) is 49.9 Å². The Labute approximate surface area is 109 Å². The third-order valence-corrected chi connectivity index (χ3v) is 3.42. The fourth-order valence-electron chi connectivity index (χ4n) is 2.51. The first-order valence-corrected chi connectivity index (χ1v) is 6.49. The lowest BCUT2D eigenvalue weighted by atomic mass is 9.97. The average molecular weight is 244 g/mol. The molecule has 1 atom stereocenters. The largest absolute Gasteiger partial charge is 0.365 e. The zero-order valence-corrected chi connectivity index (χ0v) is 11.3. The number of nitriles is 1. The lowest BCUT2D eigenvalue weighted by Gasteiger charge is -2.34. The van der Waals surface area contributed by atoms with Gasteiger partial charge in [-0.2, -0.15) is 5.26 Å². The summed E-state index contributed by atoms with van der Waals surface area (Å²) in [5, 5.41) is 9.00. The van der Waals surface area contributed by atoms with Crippen LogP contribution in [0.3, 0.4) is 0 Å².